The van der Waals surface area contributed by atoms with Crippen molar-refractivity contribution in [3.05, 3.63) is 11.9 Å². The van der Waals surface area contributed by atoms with E-state index in [1.54, 1.807) is 4.68 Å². The summed E-state index contributed by atoms with van der Waals surface area (Å²) in [6, 6.07) is 0.290. The van der Waals surface area contributed by atoms with Gasteiger partial charge in [0.15, 0.2) is 0 Å². The highest BCUT2D eigenvalue weighted by molar-refractivity contribution is 7.86. The molecule has 0 aromatic carbocycles. The van der Waals surface area contributed by atoms with Gasteiger partial charge >= 0.3 is 10.2 Å². The highest BCUT2D eigenvalue weighted by Crippen LogP contribution is 2.44. The van der Waals surface area contributed by atoms with Gasteiger partial charge in [0.2, 0.25) is 0 Å². The Morgan fingerprint density at radius 2 is 2.00 bits per heavy atom. The molecule has 0 N–H and O–H groups in total. The van der Waals surface area contributed by atoms with Crippen molar-refractivity contribution in [2.45, 2.75) is 42.5 Å². The van der Waals surface area contributed by atoms with Crippen LogP contribution in [-0.2, 0) is 10.2 Å². The third-order valence-corrected chi connectivity index (χ3v) is 3.71. The van der Waals surface area contributed by atoms with E-state index < -0.39 is 10.2 Å². The van der Waals surface area contributed by atoms with E-state index in [-0.39, 0.29) is 16.9 Å². The number of nitrogens with zero attached hydrogens (tertiary/aromatic N) is 2. The first kappa shape index (κ1) is 9.33. The number of hydrogen-bond donors (Lipinski definition) is 0. The van der Waals surface area contributed by atoms with Crippen LogP contribution < -0.4 is 0 Å². The molecule has 1 heterocycles. The predicted octanol–water partition coefficient (Wildman–Crippen LogP) is 1.75. The van der Waals surface area contributed by atoms with Crippen LogP contribution in [-0.4, -0.2) is 18.2 Å². The molecule has 0 atom stereocenters. The third-order valence-electron chi connectivity index (χ3n) is 2.87. The summed E-state index contributed by atoms with van der Waals surface area (Å²) in [6.45, 7) is 0. The Bertz CT molecular complexity index is 500. The van der Waals surface area contributed by atoms with Crippen LogP contribution >= 0.6 is 0 Å². The lowest BCUT2D eigenvalue weighted by Crippen LogP contribution is -1.95. The van der Waals surface area contributed by atoms with Crippen LogP contribution in [0.15, 0.2) is 11.1 Å². The minimum Gasteiger partial charge on any atom is -0.268 e. The normalized spacial score (nSPS) is 21.9. The summed E-state index contributed by atoms with van der Waals surface area (Å²) < 4.78 is 36.4. The van der Waals surface area contributed by atoms with E-state index in [2.05, 4.69) is 5.10 Å². The van der Waals surface area contributed by atoms with Crippen molar-refractivity contribution in [2.24, 2.45) is 0 Å². The summed E-state index contributed by atoms with van der Waals surface area (Å²) in [4.78, 5) is -0.211. The van der Waals surface area contributed by atoms with E-state index in [0.29, 0.717) is 5.69 Å². The molecule has 0 radical (unpaired) electrons. The minimum absolute atomic E-state index is 0.158. The lowest BCUT2D eigenvalue weighted by atomic mass is 10.3. The van der Waals surface area contributed by atoms with E-state index in [9.17, 15) is 12.3 Å². The molecule has 1 aromatic rings. The van der Waals surface area contributed by atoms with Crippen LogP contribution in [0.1, 0.15) is 43.3 Å². The second-order valence-corrected chi connectivity index (χ2v) is 5.62. The molecule has 2 aliphatic rings. The van der Waals surface area contributed by atoms with Crippen molar-refractivity contribution >= 4 is 10.2 Å². The summed E-state index contributed by atoms with van der Waals surface area (Å²) in [7, 11) is -4.61. The topological polar surface area (TPSA) is 52.0 Å². The Balaban J connectivity index is 2.09. The summed E-state index contributed by atoms with van der Waals surface area (Å²) in [5.74, 6) is 0.158. The van der Waals surface area contributed by atoms with E-state index in [4.69, 9.17) is 0 Å². The summed E-state index contributed by atoms with van der Waals surface area (Å²) in [5.41, 5.74) is 0.435. The number of rotatable bonds is 3. The highest BCUT2D eigenvalue weighted by atomic mass is 32.3. The van der Waals surface area contributed by atoms with E-state index >= 15 is 0 Å². The summed E-state index contributed by atoms with van der Waals surface area (Å²) >= 11 is 0. The van der Waals surface area contributed by atoms with Gasteiger partial charge in [0.1, 0.15) is 4.90 Å². The van der Waals surface area contributed by atoms with Gasteiger partial charge in [-0.1, -0.05) is 0 Å². The maximum atomic E-state index is 13.0. The molecular weight excluding hydrogens is 219 g/mol. The van der Waals surface area contributed by atoms with Gasteiger partial charge < -0.3 is 0 Å². The Hall–Kier alpha value is -0.910. The predicted molar refractivity (Wildman–Crippen MR) is 50.8 cm³/mol. The number of aromatic nitrogens is 2. The monoisotopic (exact) mass is 230 g/mol. The Kier molecular flexibility index (Phi) is 1.75. The van der Waals surface area contributed by atoms with Crippen molar-refractivity contribution in [3.63, 3.8) is 0 Å². The largest absolute Gasteiger partial charge is 0.335 e. The zero-order chi connectivity index (χ0) is 10.6. The van der Waals surface area contributed by atoms with Gasteiger partial charge in [-0.25, -0.2) is 0 Å². The fraction of sp³-hybridized carbons (Fsp3) is 0.667. The van der Waals surface area contributed by atoms with Crippen molar-refractivity contribution in [2.75, 3.05) is 0 Å². The fourth-order valence-electron chi connectivity index (χ4n) is 1.74. The van der Waals surface area contributed by atoms with Gasteiger partial charge in [0, 0.05) is 12.1 Å². The van der Waals surface area contributed by atoms with Crippen LogP contribution in [0.25, 0.3) is 0 Å². The Labute approximate surface area is 87.3 Å². The molecule has 1 aromatic heterocycles. The van der Waals surface area contributed by atoms with Gasteiger partial charge in [0.05, 0.1) is 11.7 Å². The zero-order valence-corrected chi connectivity index (χ0v) is 8.87. The van der Waals surface area contributed by atoms with Crippen LogP contribution in [0, 0.1) is 0 Å². The molecular formula is C9H11FN2O2S. The average molecular weight is 230 g/mol. The van der Waals surface area contributed by atoms with Gasteiger partial charge in [-0.15, -0.1) is 3.89 Å². The zero-order valence-electron chi connectivity index (χ0n) is 8.06. The molecule has 0 spiro atoms. The van der Waals surface area contributed by atoms with Crippen molar-refractivity contribution in [1.82, 2.24) is 9.78 Å². The van der Waals surface area contributed by atoms with E-state index in [1.165, 1.54) is 6.20 Å². The smallest absolute Gasteiger partial charge is 0.268 e. The molecule has 0 aliphatic heterocycles. The van der Waals surface area contributed by atoms with Gasteiger partial charge in [0.25, 0.3) is 0 Å². The fourth-order valence-corrected chi connectivity index (χ4v) is 2.43. The molecule has 3 rings (SSSR count). The molecule has 2 aliphatic carbocycles. The third kappa shape index (κ3) is 1.67. The minimum atomic E-state index is -4.61. The summed E-state index contributed by atoms with van der Waals surface area (Å²) in [5, 5.41) is 4.20. The standard InChI is InChI=1S/C9H11FN2O2S/c10-15(13,14)8-5-12(7-3-4-7)11-9(8)6-1-2-6/h5-7H,1-4H2. The van der Waals surface area contributed by atoms with Crippen LogP contribution in [0.4, 0.5) is 3.89 Å². The molecule has 0 bridgehead atoms. The number of halogens is 1. The van der Waals surface area contributed by atoms with E-state index in [0.717, 1.165) is 25.7 Å². The van der Waals surface area contributed by atoms with Crippen LogP contribution in [0.2, 0.25) is 0 Å². The SMILES string of the molecule is O=S(=O)(F)c1cn(C2CC2)nc1C1CC1. The Morgan fingerprint density at radius 3 is 2.47 bits per heavy atom. The van der Waals surface area contributed by atoms with Gasteiger partial charge in [-0.05, 0) is 25.7 Å². The highest BCUT2D eigenvalue weighted by Gasteiger charge is 2.36. The molecule has 82 valence electrons. The second-order valence-electron chi connectivity index (χ2n) is 4.30. The van der Waals surface area contributed by atoms with Crippen molar-refractivity contribution < 1.29 is 12.3 Å². The molecule has 0 amide bonds. The molecule has 2 fully saturated rings. The van der Waals surface area contributed by atoms with Gasteiger partial charge in [-0.3, -0.25) is 4.68 Å². The van der Waals surface area contributed by atoms with Crippen molar-refractivity contribution in [1.29, 1.82) is 0 Å². The first-order valence-electron chi connectivity index (χ1n) is 5.09. The Morgan fingerprint density at radius 1 is 1.33 bits per heavy atom. The van der Waals surface area contributed by atoms with Gasteiger partial charge in [-0.2, -0.15) is 13.5 Å². The molecule has 15 heavy (non-hydrogen) atoms. The lowest BCUT2D eigenvalue weighted by Gasteiger charge is -1.93. The molecule has 0 saturated heterocycles. The lowest BCUT2D eigenvalue weighted by molar-refractivity contribution is 0.550. The summed E-state index contributed by atoms with van der Waals surface area (Å²) in [6.07, 6.45) is 5.21. The molecule has 2 saturated carbocycles. The quantitative estimate of drug-likeness (QED) is 0.743. The second kappa shape index (κ2) is 2.81. The van der Waals surface area contributed by atoms with E-state index in [1.807, 2.05) is 0 Å². The first-order chi connectivity index (χ1) is 7.05. The van der Waals surface area contributed by atoms with Crippen LogP contribution in [0.3, 0.4) is 0 Å². The molecule has 4 nitrogen and oxygen atoms in total. The maximum absolute atomic E-state index is 13.0. The number of hydrogen-bond acceptors (Lipinski definition) is 3. The maximum Gasteiger partial charge on any atom is 0.335 e. The first-order valence-corrected chi connectivity index (χ1v) is 6.48. The van der Waals surface area contributed by atoms with Crippen LogP contribution in [0.5, 0.6) is 0 Å². The average Bonchev–Trinajstić information content (AvgIpc) is 3.02. The molecule has 6 heteroatoms. The van der Waals surface area contributed by atoms with Crippen molar-refractivity contribution in [3.8, 4) is 0 Å². The molecule has 0 unspecified atom stereocenters.